The number of hydrogen-bond donors (Lipinski definition) is 2. The SMILES string of the molecule is CCOC(=O)c1sc(N2CCC(NC(=O)c3nc(Cl)c(CC)[nH]3)C(OC)C2)nc1C(F)(F)F. The Morgan fingerprint density at radius 3 is 2.64 bits per heavy atom. The minimum absolute atomic E-state index is 0.0302. The van der Waals surface area contributed by atoms with Crippen molar-refractivity contribution in [1.82, 2.24) is 20.3 Å². The first-order chi connectivity index (χ1) is 15.6. The molecular weight excluding hydrogens is 487 g/mol. The third-order valence-corrected chi connectivity index (χ3v) is 6.50. The van der Waals surface area contributed by atoms with Gasteiger partial charge in [-0.1, -0.05) is 29.9 Å². The second-order valence-electron chi connectivity index (χ2n) is 7.19. The zero-order valence-corrected chi connectivity index (χ0v) is 19.7. The van der Waals surface area contributed by atoms with Crippen molar-refractivity contribution < 1.29 is 32.2 Å². The number of piperidine rings is 1. The molecule has 2 N–H and O–H groups in total. The number of halogens is 4. The van der Waals surface area contributed by atoms with Gasteiger partial charge in [0.25, 0.3) is 5.91 Å². The summed E-state index contributed by atoms with van der Waals surface area (Å²) in [7, 11) is 1.44. The Kier molecular flexibility index (Phi) is 7.85. The average Bonchev–Trinajstić information content (AvgIpc) is 3.38. The number of ether oxygens (including phenoxy) is 2. The first-order valence-corrected chi connectivity index (χ1v) is 11.4. The van der Waals surface area contributed by atoms with Gasteiger partial charge in [0.2, 0.25) is 0 Å². The van der Waals surface area contributed by atoms with Gasteiger partial charge in [-0.05, 0) is 19.8 Å². The van der Waals surface area contributed by atoms with Crippen LogP contribution in [0.15, 0.2) is 0 Å². The molecular formula is C19H23ClF3N5O4S. The number of imidazole rings is 1. The molecule has 1 saturated heterocycles. The monoisotopic (exact) mass is 509 g/mol. The number of aryl methyl sites for hydroxylation is 1. The van der Waals surface area contributed by atoms with Crippen LogP contribution in [0.3, 0.4) is 0 Å². The van der Waals surface area contributed by atoms with E-state index in [0.29, 0.717) is 29.9 Å². The van der Waals surface area contributed by atoms with Crippen LogP contribution in [-0.2, 0) is 22.1 Å². The number of H-pyrrole nitrogens is 1. The summed E-state index contributed by atoms with van der Waals surface area (Å²) >= 11 is 6.61. The summed E-state index contributed by atoms with van der Waals surface area (Å²) in [5, 5.41) is 3.09. The Bertz CT molecular complexity index is 1010. The zero-order valence-electron chi connectivity index (χ0n) is 18.1. The molecule has 2 aromatic heterocycles. The summed E-state index contributed by atoms with van der Waals surface area (Å²) in [5.74, 6) is -1.46. The Balaban J connectivity index is 1.75. The van der Waals surface area contributed by atoms with E-state index in [-0.39, 0.29) is 35.8 Å². The van der Waals surface area contributed by atoms with Gasteiger partial charge < -0.3 is 24.7 Å². The molecule has 3 rings (SSSR count). The van der Waals surface area contributed by atoms with Crippen LogP contribution < -0.4 is 10.2 Å². The molecule has 0 spiro atoms. The minimum atomic E-state index is -4.80. The highest BCUT2D eigenvalue weighted by Gasteiger charge is 2.42. The van der Waals surface area contributed by atoms with Crippen LogP contribution in [0, 0.1) is 0 Å². The van der Waals surface area contributed by atoms with Gasteiger partial charge in [0.1, 0.15) is 4.88 Å². The summed E-state index contributed by atoms with van der Waals surface area (Å²) < 4.78 is 50.5. The van der Waals surface area contributed by atoms with Gasteiger partial charge in [-0.3, -0.25) is 4.79 Å². The van der Waals surface area contributed by atoms with Gasteiger partial charge >= 0.3 is 12.1 Å². The van der Waals surface area contributed by atoms with Crippen molar-refractivity contribution >= 4 is 39.9 Å². The standard InChI is InChI=1S/C19H23ClF3N5O4S/c1-4-9-14(20)27-15(24-9)16(29)25-10-6-7-28(8-11(10)31-3)18-26-13(19(21,22)23)12(33-18)17(30)32-5-2/h10-11H,4-8H2,1-3H3,(H,24,27)(H,25,29). The third-order valence-electron chi connectivity index (χ3n) is 5.09. The molecule has 1 aliphatic rings. The van der Waals surface area contributed by atoms with E-state index >= 15 is 0 Å². The Morgan fingerprint density at radius 1 is 1.33 bits per heavy atom. The maximum Gasteiger partial charge on any atom is 0.435 e. The predicted molar refractivity (Wildman–Crippen MR) is 115 cm³/mol. The van der Waals surface area contributed by atoms with Gasteiger partial charge in [0, 0.05) is 20.2 Å². The number of aromatic nitrogens is 3. The summed E-state index contributed by atoms with van der Waals surface area (Å²) in [6.07, 6.45) is -4.39. The topological polar surface area (TPSA) is 109 Å². The van der Waals surface area contributed by atoms with E-state index < -0.39 is 40.8 Å². The summed E-state index contributed by atoms with van der Waals surface area (Å²) in [6, 6.07) is -0.417. The van der Waals surface area contributed by atoms with Crippen LogP contribution in [0.1, 0.15) is 51.9 Å². The van der Waals surface area contributed by atoms with Gasteiger partial charge in [0.05, 0.1) is 24.4 Å². The second kappa shape index (κ2) is 10.3. The molecule has 1 amide bonds. The lowest BCUT2D eigenvalue weighted by Crippen LogP contribution is -2.55. The molecule has 2 unspecified atom stereocenters. The van der Waals surface area contributed by atoms with E-state index in [1.807, 2.05) is 6.92 Å². The van der Waals surface area contributed by atoms with Crippen LogP contribution >= 0.6 is 22.9 Å². The molecule has 0 radical (unpaired) electrons. The normalized spacial score (nSPS) is 18.9. The molecule has 33 heavy (non-hydrogen) atoms. The number of anilines is 1. The lowest BCUT2D eigenvalue weighted by Gasteiger charge is -2.37. The second-order valence-corrected chi connectivity index (χ2v) is 8.53. The van der Waals surface area contributed by atoms with Crippen molar-refractivity contribution in [2.75, 3.05) is 31.7 Å². The van der Waals surface area contributed by atoms with Crippen LogP contribution in [0.5, 0.6) is 0 Å². The predicted octanol–water partition coefficient (Wildman–Crippen LogP) is 3.30. The van der Waals surface area contributed by atoms with Gasteiger partial charge in [0.15, 0.2) is 21.8 Å². The highest BCUT2D eigenvalue weighted by Crippen LogP contribution is 2.38. The minimum Gasteiger partial charge on any atom is -0.462 e. The zero-order chi connectivity index (χ0) is 24.3. The Morgan fingerprint density at radius 2 is 2.06 bits per heavy atom. The van der Waals surface area contributed by atoms with Gasteiger partial charge in [-0.15, -0.1) is 0 Å². The summed E-state index contributed by atoms with van der Waals surface area (Å²) in [4.78, 5) is 36.2. The van der Waals surface area contributed by atoms with Crippen LogP contribution in [0.4, 0.5) is 18.3 Å². The van der Waals surface area contributed by atoms with Crippen molar-refractivity contribution in [2.24, 2.45) is 0 Å². The molecule has 1 fully saturated rings. The number of amides is 1. The van der Waals surface area contributed by atoms with E-state index in [0.717, 1.165) is 0 Å². The quantitative estimate of drug-likeness (QED) is 0.551. The number of aromatic amines is 1. The van der Waals surface area contributed by atoms with Crippen LogP contribution in [0.25, 0.3) is 0 Å². The fraction of sp³-hybridized carbons (Fsp3) is 0.579. The highest BCUT2D eigenvalue weighted by atomic mass is 35.5. The van der Waals surface area contributed by atoms with Crippen molar-refractivity contribution in [3.05, 3.63) is 27.2 Å². The molecule has 0 aliphatic carbocycles. The van der Waals surface area contributed by atoms with Crippen molar-refractivity contribution in [2.45, 2.75) is 45.0 Å². The number of nitrogens with zero attached hydrogens (tertiary/aromatic N) is 3. The Labute approximate surface area is 196 Å². The van der Waals surface area contributed by atoms with Crippen LogP contribution in [0.2, 0.25) is 5.15 Å². The number of thiazole rings is 1. The first-order valence-electron chi connectivity index (χ1n) is 10.2. The third kappa shape index (κ3) is 5.58. The Hall–Kier alpha value is -2.38. The molecule has 3 heterocycles. The summed E-state index contributed by atoms with van der Waals surface area (Å²) in [6.45, 7) is 3.77. The highest BCUT2D eigenvalue weighted by molar-refractivity contribution is 7.17. The van der Waals surface area contributed by atoms with Crippen molar-refractivity contribution in [1.29, 1.82) is 0 Å². The molecule has 2 aromatic rings. The molecule has 9 nitrogen and oxygen atoms in total. The number of nitrogens with one attached hydrogen (secondary N) is 2. The maximum absolute atomic E-state index is 13.4. The van der Waals surface area contributed by atoms with E-state index in [1.54, 1.807) is 4.90 Å². The lowest BCUT2D eigenvalue weighted by molar-refractivity contribution is -0.141. The maximum atomic E-state index is 13.4. The van der Waals surface area contributed by atoms with Gasteiger partial charge in [-0.2, -0.15) is 13.2 Å². The smallest absolute Gasteiger partial charge is 0.435 e. The molecule has 1 aliphatic heterocycles. The first kappa shape index (κ1) is 25.2. The molecule has 182 valence electrons. The summed E-state index contributed by atoms with van der Waals surface area (Å²) in [5.41, 5.74) is -0.631. The van der Waals surface area contributed by atoms with Crippen LogP contribution in [-0.4, -0.2) is 65.8 Å². The number of esters is 1. The number of methoxy groups -OCH3 is 1. The van der Waals surface area contributed by atoms with Gasteiger partial charge in [-0.25, -0.2) is 14.8 Å². The molecule has 2 atom stereocenters. The fourth-order valence-corrected chi connectivity index (χ4v) is 4.71. The number of rotatable bonds is 7. The fourth-order valence-electron chi connectivity index (χ4n) is 3.43. The van der Waals surface area contributed by atoms with E-state index in [4.69, 9.17) is 21.1 Å². The van der Waals surface area contributed by atoms with E-state index in [1.165, 1.54) is 14.0 Å². The molecule has 0 bridgehead atoms. The van der Waals surface area contributed by atoms with Crippen molar-refractivity contribution in [3.63, 3.8) is 0 Å². The number of carbonyl (C=O) groups excluding carboxylic acids is 2. The lowest BCUT2D eigenvalue weighted by atomic mass is 10.0. The largest absolute Gasteiger partial charge is 0.462 e. The number of alkyl halides is 3. The number of hydrogen-bond acceptors (Lipinski definition) is 8. The van der Waals surface area contributed by atoms with Crippen molar-refractivity contribution in [3.8, 4) is 0 Å². The van der Waals surface area contributed by atoms with E-state index in [9.17, 15) is 22.8 Å². The number of carbonyl (C=O) groups is 2. The molecule has 0 saturated carbocycles. The average molecular weight is 510 g/mol. The molecule has 0 aromatic carbocycles. The molecule has 14 heteroatoms. The van der Waals surface area contributed by atoms with E-state index in [2.05, 4.69) is 20.3 Å².